The quantitative estimate of drug-likeness (QED) is 0.680. The van der Waals surface area contributed by atoms with Crippen LogP contribution in [-0.4, -0.2) is 22.8 Å². The van der Waals surface area contributed by atoms with Crippen molar-refractivity contribution in [2.75, 3.05) is 0 Å². The van der Waals surface area contributed by atoms with Crippen LogP contribution in [-0.2, 0) is 14.3 Å². The maximum Gasteiger partial charge on any atom is 0.168 e. The molecule has 0 N–H and O–H groups in total. The Kier molecular flexibility index (Phi) is 2.41. The Hall–Kier alpha value is -0.410. The molecular formula is C18H28O3. The summed E-state index contributed by atoms with van der Waals surface area (Å²) in [6.07, 6.45) is 6.13. The molecule has 4 rings (SSSR count). The predicted octanol–water partition coefficient (Wildman–Crippen LogP) is 3.85. The first-order valence-corrected chi connectivity index (χ1v) is 8.52. The number of hydrogen-bond donors (Lipinski definition) is 0. The Morgan fingerprint density at radius 3 is 2.33 bits per heavy atom. The standard InChI is InChI=1S/C18H28O3/c1-14(2)7-6-8-15(3)12(14)11-13(19)17(5)18(15)10-9-16(4,20-17)21-18/h12H,6-11H2,1-5H3/t12?,15-,16-,17+,18-/m0/s1. The van der Waals surface area contributed by atoms with E-state index in [1.807, 2.05) is 13.8 Å². The first-order chi connectivity index (χ1) is 9.59. The van der Waals surface area contributed by atoms with Crippen molar-refractivity contribution in [1.82, 2.24) is 0 Å². The van der Waals surface area contributed by atoms with Crippen molar-refractivity contribution in [2.45, 2.75) is 90.1 Å². The highest BCUT2D eigenvalue weighted by Crippen LogP contribution is 2.72. The summed E-state index contributed by atoms with van der Waals surface area (Å²) < 4.78 is 12.8. The molecule has 3 heteroatoms. The van der Waals surface area contributed by atoms with Gasteiger partial charge in [-0.15, -0.1) is 0 Å². The van der Waals surface area contributed by atoms with Gasteiger partial charge in [0.15, 0.2) is 17.2 Å². The van der Waals surface area contributed by atoms with E-state index < -0.39 is 17.0 Å². The van der Waals surface area contributed by atoms with Crippen LogP contribution in [0.2, 0.25) is 0 Å². The Morgan fingerprint density at radius 1 is 0.952 bits per heavy atom. The molecular weight excluding hydrogens is 264 g/mol. The Morgan fingerprint density at radius 2 is 1.67 bits per heavy atom. The van der Waals surface area contributed by atoms with Gasteiger partial charge in [0.1, 0.15) is 5.60 Å². The topological polar surface area (TPSA) is 35.5 Å². The van der Waals surface area contributed by atoms with Crippen LogP contribution in [0, 0.1) is 16.7 Å². The van der Waals surface area contributed by atoms with Crippen LogP contribution in [0.15, 0.2) is 0 Å². The van der Waals surface area contributed by atoms with Crippen LogP contribution in [0.5, 0.6) is 0 Å². The lowest BCUT2D eigenvalue weighted by molar-refractivity contribution is -0.211. The summed E-state index contributed by atoms with van der Waals surface area (Å²) in [5.41, 5.74) is -0.888. The maximum atomic E-state index is 13.0. The van der Waals surface area contributed by atoms with E-state index >= 15 is 0 Å². The summed E-state index contributed by atoms with van der Waals surface area (Å²) >= 11 is 0. The SMILES string of the molecule is CC1(C)CCC[C@@]2(C)C1CC(=O)[C@@]1(C)O[C@]3(C)CC[C@]21O3. The fraction of sp³-hybridized carbons (Fsp3) is 0.944. The molecule has 21 heavy (non-hydrogen) atoms. The minimum atomic E-state index is -0.737. The zero-order valence-corrected chi connectivity index (χ0v) is 14.0. The Labute approximate surface area is 127 Å². The van der Waals surface area contributed by atoms with Gasteiger partial charge in [-0.05, 0) is 44.4 Å². The third-order valence-corrected chi connectivity index (χ3v) is 7.59. The van der Waals surface area contributed by atoms with Gasteiger partial charge in [-0.2, -0.15) is 0 Å². The minimum absolute atomic E-state index is 0.0473. The molecule has 0 aromatic carbocycles. The highest BCUT2D eigenvalue weighted by atomic mass is 16.8. The fourth-order valence-corrected chi connectivity index (χ4v) is 6.51. The molecule has 2 heterocycles. The molecule has 118 valence electrons. The molecule has 5 atom stereocenters. The number of Topliss-reactive ketones (excluding diaryl/α,β-unsaturated/α-hetero) is 1. The van der Waals surface area contributed by atoms with Crippen LogP contribution in [0.1, 0.15) is 73.1 Å². The van der Waals surface area contributed by atoms with Gasteiger partial charge < -0.3 is 9.47 Å². The van der Waals surface area contributed by atoms with Gasteiger partial charge in [0.05, 0.1) is 0 Å². The molecule has 3 nitrogen and oxygen atoms in total. The average molecular weight is 292 g/mol. The number of fused-ring (bicyclic) bond motifs is 2. The molecule has 0 radical (unpaired) electrons. The summed E-state index contributed by atoms with van der Waals surface area (Å²) in [4.78, 5) is 13.0. The first kappa shape index (κ1) is 14.2. The monoisotopic (exact) mass is 292 g/mol. The molecule has 1 spiro atoms. The van der Waals surface area contributed by atoms with Crippen LogP contribution in [0.25, 0.3) is 0 Å². The Bertz CT molecular complexity index is 527. The van der Waals surface area contributed by atoms with Crippen LogP contribution >= 0.6 is 0 Å². The number of carbonyl (C=O) groups is 1. The summed E-state index contributed by atoms with van der Waals surface area (Å²) in [6, 6.07) is 0. The van der Waals surface area contributed by atoms with E-state index in [1.54, 1.807) is 0 Å². The van der Waals surface area contributed by atoms with Crippen LogP contribution in [0.3, 0.4) is 0 Å². The highest BCUT2D eigenvalue weighted by molar-refractivity contribution is 5.91. The number of ether oxygens (including phenoxy) is 2. The highest BCUT2D eigenvalue weighted by Gasteiger charge is 2.79. The average Bonchev–Trinajstić information content (AvgIpc) is 2.83. The van der Waals surface area contributed by atoms with Gasteiger partial charge in [-0.3, -0.25) is 4.79 Å². The molecule has 2 saturated heterocycles. The van der Waals surface area contributed by atoms with E-state index in [2.05, 4.69) is 20.8 Å². The Balaban J connectivity index is 1.91. The lowest BCUT2D eigenvalue weighted by atomic mass is 9.43. The fourth-order valence-electron chi connectivity index (χ4n) is 6.51. The van der Waals surface area contributed by atoms with Crippen molar-refractivity contribution >= 4 is 5.78 Å². The van der Waals surface area contributed by atoms with E-state index in [9.17, 15) is 4.79 Å². The summed E-state index contributed by atoms with van der Waals surface area (Å²) in [5.74, 6) is 0.121. The van der Waals surface area contributed by atoms with Crippen molar-refractivity contribution in [3.05, 3.63) is 0 Å². The number of hydrogen-bond acceptors (Lipinski definition) is 3. The van der Waals surface area contributed by atoms with E-state index in [0.717, 1.165) is 19.3 Å². The molecule has 2 aliphatic carbocycles. The van der Waals surface area contributed by atoms with Crippen molar-refractivity contribution in [1.29, 1.82) is 0 Å². The predicted molar refractivity (Wildman–Crippen MR) is 79.8 cm³/mol. The summed E-state index contributed by atoms with van der Waals surface area (Å²) in [6.45, 7) is 11.1. The number of ketones is 1. The van der Waals surface area contributed by atoms with E-state index in [-0.39, 0.29) is 16.6 Å². The molecule has 2 bridgehead atoms. The zero-order chi connectivity index (χ0) is 15.3. The largest absolute Gasteiger partial charge is 0.340 e. The number of rotatable bonds is 0. The van der Waals surface area contributed by atoms with Crippen LogP contribution in [0.4, 0.5) is 0 Å². The van der Waals surface area contributed by atoms with E-state index in [1.165, 1.54) is 12.8 Å². The molecule has 1 unspecified atom stereocenters. The number of carbonyl (C=O) groups excluding carboxylic acids is 1. The first-order valence-electron chi connectivity index (χ1n) is 8.52. The van der Waals surface area contributed by atoms with Crippen molar-refractivity contribution < 1.29 is 14.3 Å². The second-order valence-electron chi connectivity index (χ2n) is 9.14. The van der Waals surface area contributed by atoms with Crippen molar-refractivity contribution in [3.8, 4) is 0 Å². The molecule has 0 aromatic heterocycles. The summed E-state index contributed by atoms with van der Waals surface area (Å²) in [5, 5.41) is 0. The van der Waals surface area contributed by atoms with Gasteiger partial charge in [0, 0.05) is 18.3 Å². The second kappa shape index (κ2) is 3.56. The minimum Gasteiger partial charge on any atom is -0.340 e. The lowest BCUT2D eigenvalue weighted by Crippen LogP contribution is -2.71. The van der Waals surface area contributed by atoms with Gasteiger partial charge in [-0.25, -0.2) is 0 Å². The van der Waals surface area contributed by atoms with Crippen molar-refractivity contribution in [2.24, 2.45) is 16.7 Å². The van der Waals surface area contributed by atoms with Gasteiger partial charge >= 0.3 is 0 Å². The molecule has 4 fully saturated rings. The van der Waals surface area contributed by atoms with Crippen molar-refractivity contribution in [3.63, 3.8) is 0 Å². The normalized spacial score (nSPS) is 58.0. The van der Waals surface area contributed by atoms with E-state index in [4.69, 9.17) is 9.47 Å². The van der Waals surface area contributed by atoms with E-state index in [0.29, 0.717) is 12.3 Å². The van der Waals surface area contributed by atoms with Crippen LogP contribution < -0.4 is 0 Å². The third-order valence-electron chi connectivity index (χ3n) is 7.59. The van der Waals surface area contributed by atoms with Gasteiger partial charge in [0.2, 0.25) is 0 Å². The zero-order valence-electron chi connectivity index (χ0n) is 14.0. The smallest absolute Gasteiger partial charge is 0.168 e. The maximum absolute atomic E-state index is 13.0. The second-order valence-corrected chi connectivity index (χ2v) is 9.14. The molecule has 2 aliphatic heterocycles. The third kappa shape index (κ3) is 1.37. The lowest BCUT2D eigenvalue weighted by Gasteiger charge is -2.63. The molecule has 2 saturated carbocycles. The van der Waals surface area contributed by atoms with Gasteiger partial charge in [-0.1, -0.05) is 27.2 Å². The van der Waals surface area contributed by atoms with Gasteiger partial charge in [0.25, 0.3) is 0 Å². The molecule has 0 aromatic rings. The summed E-state index contributed by atoms with van der Waals surface area (Å²) in [7, 11) is 0. The molecule has 4 aliphatic rings. The molecule has 0 amide bonds.